The molecule has 0 radical (unpaired) electrons. The molecule has 0 aliphatic rings. The van der Waals surface area contributed by atoms with Gasteiger partial charge in [0.15, 0.2) is 0 Å². The first kappa shape index (κ1) is 19.0. The number of ether oxygens (including phenoxy) is 2. The van der Waals surface area contributed by atoms with Crippen molar-refractivity contribution in [2.75, 3.05) is 13.2 Å². The Morgan fingerprint density at radius 3 is 2.26 bits per heavy atom. The molecule has 4 heteroatoms. The molecule has 0 atom stereocenters. The van der Waals surface area contributed by atoms with Crippen LogP contribution in [-0.4, -0.2) is 21.1 Å². The minimum atomic E-state index is -0.238. The van der Waals surface area contributed by atoms with Crippen molar-refractivity contribution in [1.29, 1.82) is 0 Å². The fourth-order valence-electron chi connectivity index (χ4n) is 2.85. The Bertz CT molecular complexity index is 852. The van der Waals surface area contributed by atoms with E-state index >= 15 is 0 Å². The van der Waals surface area contributed by atoms with E-state index in [0.717, 1.165) is 30.6 Å². The second-order valence-electron chi connectivity index (χ2n) is 6.59. The summed E-state index contributed by atoms with van der Waals surface area (Å²) in [6.07, 6.45) is 2.74. The van der Waals surface area contributed by atoms with Gasteiger partial charge in [-0.2, -0.15) is 0 Å². The standard InChI is InChI=1S/C23H24BFO2/c24-22-12-11-21(17-23(22)25)27-15-13-19-8-4-10-20(16-19)26-14-5-9-18-6-2-1-3-7-18/h1-4,6-8,10-12,16-17H,5,9,13-15,24H2. The summed E-state index contributed by atoms with van der Waals surface area (Å²) in [7, 11) is 1.74. The Morgan fingerprint density at radius 1 is 0.704 bits per heavy atom. The van der Waals surface area contributed by atoms with Gasteiger partial charge in [0.05, 0.1) is 13.2 Å². The Balaban J connectivity index is 1.42. The van der Waals surface area contributed by atoms with Crippen LogP contribution in [0.2, 0.25) is 0 Å². The zero-order valence-electron chi connectivity index (χ0n) is 15.7. The topological polar surface area (TPSA) is 18.5 Å². The van der Waals surface area contributed by atoms with Gasteiger partial charge in [0, 0.05) is 12.5 Å². The number of halogens is 1. The minimum Gasteiger partial charge on any atom is -0.494 e. The highest BCUT2D eigenvalue weighted by molar-refractivity contribution is 6.32. The molecule has 0 bridgehead atoms. The molecule has 0 N–H and O–H groups in total. The Morgan fingerprint density at radius 2 is 1.44 bits per heavy atom. The second kappa shape index (κ2) is 9.82. The van der Waals surface area contributed by atoms with E-state index in [1.165, 1.54) is 11.6 Å². The van der Waals surface area contributed by atoms with Gasteiger partial charge in [-0.25, -0.2) is 4.39 Å². The molecule has 138 valence electrons. The van der Waals surface area contributed by atoms with E-state index in [9.17, 15) is 4.39 Å². The Kier molecular flexibility index (Phi) is 6.92. The van der Waals surface area contributed by atoms with E-state index in [1.54, 1.807) is 20.0 Å². The molecule has 0 aliphatic heterocycles. The van der Waals surface area contributed by atoms with Gasteiger partial charge in [0.25, 0.3) is 0 Å². The quantitative estimate of drug-likeness (QED) is 0.427. The van der Waals surface area contributed by atoms with E-state index in [-0.39, 0.29) is 5.82 Å². The average Bonchev–Trinajstić information content (AvgIpc) is 2.69. The monoisotopic (exact) mass is 362 g/mol. The molecule has 0 heterocycles. The number of benzene rings is 3. The first-order chi connectivity index (χ1) is 13.2. The molecule has 0 amide bonds. The normalized spacial score (nSPS) is 10.6. The molecule has 0 saturated heterocycles. The van der Waals surface area contributed by atoms with Gasteiger partial charge in [-0.05, 0) is 42.2 Å². The van der Waals surface area contributed by atoms with Gasteiger partial charge in [0.1, 0.15) is 25.2 Å². The van der Waals surface area contributed by atoms with Crippen LogP contribution in [0.4, 0.5) is 4.39 Å². The molecule has 27 heavy (non-hydrogen) atoms. The third-order valence-electron chi connectivity index (χ3n) is 4.42. The number of rotatable bonds is 9. The van der Waals surface area contributed by atoms with Crippen molar-refractivity contribution < 1.29 is 13.9 Å². The van der Waals surface area contributed by atoms with E-state index in [4.69, 9.17) is 9.47 Å². The number of hydrogen-bond acceptors (Lipinski definition) is 2. The van der Waals surface area contributed by atoms with Crippen molar-refractivity contribution in [3.63, 3.8) is 0 Å². The molecular weight excluding hydrogens is 338 g/mol. The maximum atomic E-state index is 13.5. The Hall–Kier alpha value is -2.75. The lowest BCUT2D eigenvalue weighted by Gasteiger charge is -2.10. The molecule has 3 rings (SSSR count). The molecule has 0 fully saturated rings. The zero-order chi connectivity index (χ0) is 18.9. The lowest BCUT2D eigenvalue weighted by atomic mass is 9.96. The van der Waals surface area contributed by atoms with Crippen molar-refractivity contribution in [3.05, 3.63) is 89.7 Å². The van der Waals surface area contributed by atoms with Crippen LogP contribution in [0.5, 0.6) is 11.5 Å². The van der Waals surface area contributed by atoms with Crippen LogP contribution < -0.4 is 14.9 Å². The fourth-order valence-corrected chi connectivity index (χ4v) is 2.85. The second-order valence-corrected chi connectivity index (χ2v) is 6.59. The van der Waals surface area contributed by atoms with Gasteiger partial charge in [-0.3, -0.25) is 0 Å². The van der Waals surface area contributed by atoms with E-state index in [1.807, 2.05) is 24.3 Å². The van der Waals surface area contributed by atoms with Crippen LogP contribution in [0.1, 0.15) is 17.5 Å². The molecule has 2 nitrogen and oxygen atoms in total. The smallest absolute Gasteiger partial charge is 0.143 e. The summed E-state index contributed by atoms with van der Waals surface area (Å²) in [4.78, 5) is 0. The average molecular weight is 362 g/mol. The molecule has 0 aromatic heterocycles. The van der Waals surface area contributed by atoms with Gasteiger partial charge in [0.2, 0.25) is 0 Å². The van der Waals surface area contributed by atoms with Crippen LogP contribution in [0.3, 0.4) is 0 Å². The van der Waals surface area contributed by atoms with Gasteiger partial charge in [-0.1, -0.05) is 54.0 Å². The van der Waals surface area contributed by atoms with Crippen LogP contribution in [0.25, 0.3) is 0 Å². The van der Waals surface area contributed by atoms with E-state index in [0.29, 0.717) is 24.4 Å². The molecule has 0 unspecified atom stereocenters. The maximum absolute atomic E-state index is 13.5. The van der Waals surface area contributed by atoms with Crippen molar-refractivity contribution in [2.45, 2.75) is 19.3 Å². The number of hydrogen-bond donors (Lipinski definition) is 0. The summed E-state index contributed by atoms with van der Waals surface area (Å²) in [5.74, 6) is 1.20. The number of aryl methyl sites for hydroxylation is 1. The summed E-state index contributed by atoms with van der Waals surface area (Å²) < 4.78 is 25.1. The lowest BCUT2D eigenvalue weighted by Crippen LogP contribution is -2.09. The molecular formula is C23H24BFO2. The first-order valence-electron chi connectivity index (χ1n) is 9.35. The zero-order valence-corrected chi connectivity index (χ0v) is 15.7. The molecule has 0 aliphatic carbocycles. The van der Waals surface area contributed by atoms with E-state index < -0.39 is 0 Å². The first-order valence-corrected chi connectivity index (χ1v) is 9.35. The third kappa shape index (κ3) is 6.17. The van der Waals surface area contributed by atoms with E-state index in [2.05, 4.69) is 30.3 Å². The summed E-state index contributed by atoms with van der Waals surface area (Å²) in [6.45, 7) is 1.19. The summed E-state index contributed by atoms with van der Waals surface area (Å²) >= 11 is 0. The molecule has 0 saturated carbocycles. The molecule has 3 aromatic rings. The Labute approximate surface area is 161 Å². The molecule has 3 aromatic carbocycles. The lowest BCUT2D eigenvalue weighted by molar-refractivity contribution is 0.308. The van der Waals surface area contributed by atoms with Crippen molar-refractivity contribution in [2.24, 2.45) is 0 Å². The van der Waals surface area contributed by atoms with Crippen molar-refractivity contribution in [1.82, 2.24) is 0 Å². The van der Waals surface area contributed by atoms with Crippen LogP contribution in [0, 0.1) is 5.82 Å². The SMILES string of the molecule is Bc1ccc(OCCc2cccc(OCCCc3ccccc3)c2)cc1F. The maximum Gasteiger partial charge on any atom is 0.143 e. The van der Waals surface area contributed by atoms with Crippen LogP contribution in [-0.2, 0) is 12.8 Å². The minimum absolute atomic E-state index is 0.238. The fraction of sp³-hybridized carbons (Fsp3) is 0.217. The van der Waals surface area contributed by atoms with Gasteiger partial charge in [-0.15, -0.1) is 0 Å². The predicted octanol–water partition coefficient (Wildman–Crippen LogP) is 3.72. The highest BCUT2D eigenvalue weighted by Crippen LogP contribution is 2.16. The van der Waals surface area contributed by atoms with Crippen molar-refractivity contribution >= 4 is 13.3 Å². The third-order valence-corrected chi connectivity index (χ3v) is 4.42. The van der Waals surface area contributed by atoms with Gasteiger partial charge < -0.3 is 9.47 Å². The van der Waals surface area contributed by atoms with Crippen LogP contribution >= 0.6 is 0 Å². The summed E-state index contributed by atoms with van der Waals surface area (Å²) in [5, 5.41) is 0. The van der Waals surface area contributed by atoms with Crippen LogP contribution in [0.15, 0.2) is 72.8 Å². The van der Waals surface area contributed by atoms with Gasteiger partial charge >= 0.3 is 0 Å². The highest BCUT2D eigenvalue weighted by Gasteiger charge is 2.02. The molecule has 0 spiro atoms. The highest BCUT2D eigenvalue weighted by atomic mass is 19.1. The van der Waals surface area contributed by atoms with Crippen molar-refractivity contribution in [3.8, 4) is 11.5 Å². The summed E-state index contributed by atoms with van der Waals surface area (Å²) in [5.41, 5.74) is 3.10. The summed E-state index contributed by atoms with van der Waals surface area (Å²) in [6, 6.07) is 23.5. The predicted molar refractivity (Wildman–Crippen MR) is 110 cm³/mol. The largest absolute Gasteiger partial charge is 0.494 e.